The van der Waals surface area contributed by atoms with Gasteiger partial charge in [0.1, 0.15) is 60.9 Å². The van der Waals surface area contributed by atoms with Gasteiger partial charge in [-0.3, -0.25) is 42.9 Å². The minimum Gasteiger partial charge on any atom is -0.506 e. The third-order valence-corrected chi connectivity index (χ3v) is 13.0. The van der Waals surface area contributed by atoms with Gasteiger partial charge in [0, 0.05) is 20.0 Å². The van der Waals surface area contributed by atoms with Crippen molar-refractivity contribution in [3.05, 3.63) is 28.8 Å². The van der Waals surface area contributed by atoms with E-state index in [1.807, 2.05) is 5.32 Å². The second-order valence-electron chi connectivity index (χ2n) is 16.9. The number of esters is 1. The fraction of sp³-hybridized carbons (Fsp3) is 0.650. The molecule has 2 aliphatic heterocycles. The van der Waals surface area contributed by atoms with Crippen LogP contribution in [0.5, 0.6) is 5.75 Å². The molecule has 2 bridgehead atoms. The highest BCUT2D eigenvalue weighted by atomic mass is 35.5. The van der Waals surface area contributed by atoms with Crippen molar-refractivity contribution in [3.63, 3.8) is 0 Å². The lowest BCUT2D eigenvalue weighted by Gasteiger charge is -2.44. The van der Waals surface area contributed by atoms with Crippen LogP contribution < -0.4 is 32.7 Å². The number of piperidine rings is 1. The van der Waals surface area contributed by atoms with Crippen LogP contribution in [-0.4, -0.2) is 168 Å². The molecule has 2 saturated heterocycles. The number of hydrogen-bond acceptors (Lipinski definition) is 17. The monoisotopic (exact) mass is 1060 g/mol. The van der Waals surface area contributed by atoms with Gasteiger partial charge >= 0.3 is 26.8 Å². The van der Waals surface area contributed by atoms with Gasteiger partial charge in [0.05, 0.1) is 5.02 Å². The smallest absolute Gasteiger partial charge is 0.398 e. The van der Waals surface area contributed by atoms with Crippen LogP contribution in [0.3, 0.4) is 0 Å². The molecule has 6 amide bonds. The maximum Gasteiger partial charge on any atom is 0.398 e. The maximum absolute atomic E-state index is 14.9. The van der Waals surface area contributed by atoms with E-state index in [0.29, 0.717) is 5.56 Å². The molecular formula is C40H62ClN9O18S2. The van der Waals surface area contributed by atoms with Crippen molar-refractivity contribution >= 4 is 79.8 Å². The van der Waals surface area contributed by atoms with Crippen molar-refractivity contribution in [2.24, 2.45) is 28.3 Å². The average Bonchev–Trinajstić information content (AvgIpc) is 3.27. The number of amides is 6. The number of aliphatic hydroxyl groups is 1. The Morgan fingerprint density at radius 3 is 2.17 bits per heavy atom. The van der Waals surface area contributed by atoms with Gasteiger partial charge in [0.2, 0.25) is 29.5 Å². The molecule has 27 nitrogen and oxygen atoms in total. The zero-order chi connectivity index (χ0) is 53.0. The second kappa shape index (κ2) is 25.6. The number of aliphatic imine (C=N–C) groups is 1. The summed E-state index contributed by atoms with van der Waals surface area (Å²) in [6, 6.07) is -5.83. The minimum absolute atomic E-state index is 0.0245. The number of halogens is 1. The standard InChI is InChI=1S/C40H62ClN9O18S2/c1-7-19(3)30-39(59)67-21(5)31(48-35(55)28(68-70(63,64)65)18-66-69(60,61)62)36(56)45-24(10-9-15-44-40(42)43)33(53)46-25-12-14-29(52)50(37(25)57)32(20(4)8-2)38(58)49(6)26(34(54)47-30)17-22-11-13-27(51)23(41)16-22/h11,13,16,19-21,24-26,28-32,51-52H,7-10,12,14-15,17-18H2,1-6H3,(H,45,56)(H,46,53)(H,47,54)(H,48,55)(H4,42,43,44)(H,60,61,62)(H,63,64,65)/t19-,20-,21+,24-,25-,26?,28-,29+,30-,31?,32-/m0/s1. The third-order valence-electron chi connectivity index (χ3n) is 11.8. The molecule has 2 aliphatic rings. The number of fused-ring (bicyclic) bond motifs is 2. The Morgan fingerprint density at radius 1 is 0.957 bits per heavy atom. The molecule has 0 aliphatic carbocycles. The molecule has 70 heavy (non-hydrogen) atoms. The van der Waals surface area contributed by atoms with Crippen LogP contribution in [0.2, 0.25) is 5.02 Å². The fourth-order valence-corrected chi connectivity index (χ4v) is 8.46. The summed E-state index contributed by atoms with van der Waals surface area (Å²) >= 11 is 6.21. The maximum atomic E-state index is 14.9. The molecule has 1 aromatic carbocycles. The van der Waals surface area contributed by atoms with Crippen LogP contribution in [0, 0.1) is 11.8 Å². The zero-order valence-electron chi connectivity index (χ0n) is 39.1. The van der Waals surface area contributed by atoms with E-state index in [1.54, 1.807) is 27.7 Å². The quantitative estimate of drug-likeness (QED) is 0.0259. The first-order valence-corrected chi connectivity index (χ1v) is 25.1. The summed E-state index contributed by atoms with van der Waals surface area (Å²) in [5, 5.41) is 31.0. The summed E-state index contributed by atoms with van der Waals surface area (Å²) in [5.74, 6) is -10.1. The van der Waals surface area contributed by atoms with Crippen molar-refractivity contribution in [1.29, 1.82) is 0 Å². The summed E-state index contributed by atoms with van der Waals surface area (Å²) in [4.78, 5) is 106. The van der Waals surface area contributed by atoms with Crippen molar-refractivity contribution in [3.8, 4) is 5.75 Å². The van der Waals surface area contributed by atoms with Crippen LogP contribution in [0.4, 0.5) is 0 Å². The van der Waals surface area contributed by atoms with Gasteiger partial charge in [-0.25, -0.2) is 13.2 Å². The number of aromatic hydroxyl groups is 1. The largest absolute Gasteiger partial charge is 0.506 e. The topological polar surface area (TPSA) is 415 Å². The molecule has 0 aromatic heterocycles. The van der Waals surface area contributed by atoms with E-state index in [4.69, 9.17) is 32.4 Å². The Balaban J connectivity index is 2.31. The summed E-state index contributed by atoms with van der Waals surface area (Å²) < 4.78 is 78.6. The fourth-order valence-electron chi connectivity index (χ4n) is 7.52. The molecule has 394 valence electrons. The Kier molecular flexibility index (Phi) is 21.5. The van der Waals surface area contributed by atoms with Crippen molar-refractivity contribution in [1.82, 2.24) is 31.1 Å². The number of aliphatic hydroxyl groups excluding tert-OH is 1. The third kappa shape index (κ3) is 16.9. The van der Waals surface area contributed by atoms with Gasteiger partial charge in [-0.05, 0) is 62.1 Å². The van der Waals surface area contributed by atoms with E-state index in [-0.39, 0.29) is 68.2 Å². The van der Waals surface area contributed by atoms with Crippen LogP contribution >= 0.6 is 11.6 Å². The molecule has 1 aromatic rings. The summed E-state index contributed by atoms with van der Waals surface area (Å²) in [5.41, 5.74) is 11.2. The number of rotatable bonds is 17. The van der Waals surface area contributed by atoms with Crippen LogP contribution in [0.25, 0.3) is 0 Å². The number of nitrogens with one attached hydrogen (secondary N) is 4. The van der Waals surface area contributed by atoms with Crippen LogP contribution in [-0.2, 0) is 73.9 Å². The molecule has 2 heterocycles. The molecule has 0 radical (unpaired) electrons. The molecule has 3 rings (SSSR count). The lowest BCUT2D eigenvalue weighted by molar-refractivity contribution is -0.168. The summed E-state index contributed by atoms with van der Waals surface area (Å²) in [6.07, 6.45) is -6.60. The van der Waals surface area contributed by atoms with E-state index in [1.165, 1.54) is 25.2 Å². The van der Waals surface area contributed by atoms with Crippen LogP contribution in [0.15, 0.2) is 23.2 Å². The molecule has 30 heteroatoms. The number of ether oxygens (including phenoxy) is 1. The number of carbonyl (C=O) groups excluding carboxylic acids is 7. The number of guanidine groups is 1. The van der Waals surface area contributed by atoms with Crippen molar-refractivity contribution in [2.45, 2.75) is 134 Å². The van der Waals surface area contributed by atoms with E-state index < -0.39 is 135 Å². The van der Waals surface area contributed by atoms with Crippen molar-refractivity contribution < 1.29 is 82.8 Å². The Hall–Kier alpha value is -5.43. The predicted octanol–water partition coefficient (Wildman–Crippen LogP) is -2.24. The number of cyclic esters (lactones) is 1. The molecule has 2 unspecified atom stereocenters. The summed E-state index contributed by atoms with van der Waals surface area (Å²) in [6.45, 7) is 5.89. The van der Waals surface area contributed by atoms with Gasteiger partial charge in [-0.2, -0.15) is 16.8 Å². The Bertz CT molecular complexity index is 2340. The highest BCUT2D eigenvalue weighted by Gasteiger charge is 2.47. The Labute approximate surface area is 409 Å². The Morgan fingerprint density at radius 2 is 1.60 bits per heavy atom. The number of likely N-dealkylation sites (N-methyl/N-ethyl adjacent to an activating group) is 1. The van der Waals surface area contributed by atoms with Gasteiger partial charge in [0.15, 0.2) is 12.1 Å². The zero-order valence-corrected chi connectivity index (χ0v) is 41.5. The number of carbonyl (C=O) groups is 7. The SMILES string of the molecule is CC[C@H](C)[C@@H]1NC(=O)C(Cc2ccc(O)c(Cl)c2)N(C)C(=O)[C@H]([C@@H](C)CC)N2C(=O)[C@H](CC[C@H]2O)NC(=O)[C@H](CCCN=C(N)N)NC(=O)C(NC(=O)[C@H](COS(=O)(=O)O)OS(=O)(=O)O)[C@@H](C)OC1=O. The second-order valence-corrected chi connectivity index (χ2v) is 19.4. The number of nitrogens with zero attached hydrogens (tertiary/aromatic N) is 3. The number of hydrogen-bond donors (Lipinski definition) is 10. The highest BCUT2D eigenvalue weighted by Crippen LogP contribution is 2.29. The van der Waals surface area contributed by atoms with Gasteiger partial charge in [0.25, 0.3) is 5.91 Å². The predicted molar refractivity (Wildman–Crippen MR) is 245 cm³/mol. The van der Waals surface area contributed by atoms with E-state index in [2.05, 4.69) is 29.3 Å². The number of phenols is 1. The van der Waals surface area contributed by atoms with Crippen molar-refractivity contribution in [2.75, 3.05) is 20.2 Å². The van der Waals surface area contributed by atoms with Crippen LogP contribution in [0.1, 0.15) is 78.7 Å². The normalized spacial score (nSPS) is 26.0. The lowest BCUT2D eigenvalue weighted by atomic mass is 9.91. The molecular weight excluding hydrogens is 994 g/mol. The van der Waals surface area contributed by atoms with Gasteiger partial charge in [-0.15, -0.1) is 0 Å². The van der Waals surface area contributed by atoms with Gasteiger partial charge < -0.3 is 57.5 Å². The molecule has 11 atom stereocenters. The van der Waals surface area contributed by atoms with E-state index >= 15 is 0 Å². The first kappa shape index (κ1) is 58.9. The molecule has 2 fully saturated rings. The molecule has 12 N–H and O–H groups in total. The number of nitrogens with two attached hydrogens (primary N) is 2. The average molecular weight is 1060 g/mol. The number of benzene rings is 1. The highest BCUT2D eigenvalue weighted by molar-refractivity contribution is 7.81. The number of phenolic OH excluding ortho intramolecular Hbond substituents is 1. The van der Waals surface area contributed by atoms with Gasteiger partial charge in [-0.1, -0.05) is 58.2 Å². The lowest BCUT2D eigenvalue weighted by Crippen LogP contribution is -2.66. The van der Waals surface area contributed by atoms with E-state index in [0.717, 1.165) is 16.7 Å². The summed E-state index contributed by atoms with van der Waals surface area (Å²) in [7, 11) is -9.72. The molecule has 0 saturated carbocycles. The minimum atomic E-state index is -5.60. The van der Waals surface area contributed by atoms with E-state index in [9.17, 15) is 65.2 Å². The first-order valence-electron chi connectivity index (χ1n) is 22.0. The first-order chi connectivity index (χ1) is 32.5. The molecule has 0 spiro atoms.